The molecule has 1 saturated heterocycles. The maximum absolute atomic E-state index is 5.91. The lowest BCUT2D eigenvalue weighted by Gasteiger charge is -2.26. The largest absolute Gasteiger partial charge is 0.328 e. The van der Waals surface area contributed by atoms with E-state index in [1.54, 1.807) is 0 Å². The molecule has 0 aromatic rings. The zero-order chi connectivity index (χ0) is 8.32. The van der Waals surface area contributed by atoms with Crippen molar-refractivity contribution in [1.29, 1.82) is 0 Å². The molecule has 0 atom stereocenters. The van der Waals surface area contributed by atoms with E-state index < -0.39 is 8.07 Å². The maximum Gasteiger partial charge on any atom is 0.0473 e. The van der Waals surface area contributed by atoms with Gasteiger partial charge >= 0.3 is 0 Å². The third-order valence-electron chi connectivity index (χ3n) is 2.86. The average Bonchev–Trinajstić information content (AvgIpc) is 1.83. The molecule has 0 aromatic carbocycles. The second-order valence-electron chi connectivity index (χ2n) is 4.71. The van der Waals surface area contributed by atoms with Crippen molar-refractivity contribution < 1.29 is 0 Å². The zero-order valence-corrected chi connectivity index (χ0v) is 8.90. The Morgan fingerprint density at radius 2 is 1.55 bits per heavy atom. The van der Waals surface area contributed by atoms with Gasteiger partial charge in [-0.15, -0.1) is 0 Å². The van der Waals surface area contributed by atoms with Crippen molar-refractivity contribution in [3.63, 3.8) is 0 Å². The molecule has 0 aromatic heterocycles. The van der Waals surface area contributed by atoms with Crippen LogP contribution in [-0.2, 0) is 0 Å². The Morgan fingerprint density at radius 1 is 1.09 bits per heavy atom. The molecule has 2 N–H and O–H groups in total. The first kappa shape index (κ1) is 9.27. The molecule has 1 nitrogen and oxygen atoms in total. The van der Waals surface area contributed by atoms with Crippen LogP contribution in [-0.4, -0.2) is 14.1 Å². The van der Waals surface area contributed by atoms with Gasteiger partial charge in [0.1, 0.15) is 0 Å². The summed E-state index contributed by atoms with van der Waals surface area (Å²) in [6.07, 6.45) is 5.33. The van der Waals surface area contributed by atoms with E-state index in [1.165, 1.54) is 37.8 Å². The Labute approximate surface area is 71.4 Å². The molecule has 1 heterocycles. The zero-order valence-electron chi connectivity index (χ0n) is 7.90. The third-order valence-corrected chi connectivity index (χ3v) is 6.27. The maximum atomic E-state index is 5.91. The molecule has 2 heteroatoms. The molecule has 1 aliphatic rings. The number of hydrogen-bond acceptors (Lipinski definition) is 1. The molecule has 1 rings (SSSR count). The Bertz CT molecular complexity index is 111. The summed E-state index contributed by atoms with van der Waals surface area (Å²) in [5.74, 6) is 0. The molecule has 0 spiro atoms. The van der Waals surface area contributed by atoms with E-state index in [4.69, 9.17) is 5.73 Å². The molecule has 0 saturated carbocycles. The summed E-state index contributed by atoms with van der Waals surface area (Å²) >= 11 is 0. The molecule has 0 aliphatic carbocycles. The Balaban J connectivity index is 2.35. The van der Waals surface area contributed by atoms with Crippen LogP contribution in [0.2, 0.25) is 25.2 Å². The van der Waals surface area contributed by atoms with Gasteiger partial charge in [0, 0.05) is 14.1 Å². The number of rotatable bonds is 0. The van der Waals surface area contributed by atoms with E-state index in [1.807, 2.05) is 0 Å². The van der Waals surface area contributed by atoms with Crippen LogP contribution in [0, 0.1) is 0 Å². The van der Waals surface area contributed by atoms with Gasteiger partial charge in [-0.05, 0) is 12.8 Å². The van der Waals surface area contributed by atoms with Crippen LogP contribution < -0.4 is 5.73 Å². The van der Waals surface area contributed by atoms with Crippen molar-refractivity contribution in [3.05, 3.63) is 0 Å². The van der Waals surface area contributed by atoms with E-state index >= 15 is 0 Å². The molecule has 0 radical (unpaired) electrons. The highest BCUT2D eigenvalue weighted by molar-refractivity contribution is 6.77. The summed E-state index contributed by atoms with van der Waals surface area (Å²) in [5, 5.41) is 0. The van der Waals surface area contributed by atoms with E-state index in [-0.39, 0.29) is 0 Å². The highest BCUT2D eigenvalue weighted by Gasteiger charge is 2.22. The topological polar surface area (TPSA) is 26.0 Å². The fourth-order valence-electron chi connectivity index (χ4n) is 1.95. The molecule has 66 valence electrons. The summed E-state index contributed by atoms with van der Waals surface area (Å²) in [5.41, 5.74) is 5.91. The smallest absolute Gasteiger partial charge is 0.0473 e. The van der Waals surface area contributed by atoms with Crippen molar-refractivity contribution >= 4 is 8.07 Å². The van der Waals surface area contributed by atoms with Gasteiger partial charge in [0.2, 0.25) is 0 Å². The van der Waals surface area contributed by atoms with Crippen LogP contribution in [0.3, 0.4) is 0 Å². The van der Waals surface area contributed by atoms with Gasteiger partial charge in [-0.1, -0.05) is 38.0 Å². The fraction of sp³-hybridized carbons (Fsp3) is 1.00. The summed E-state index contributed by atoms with van der Waals surface area (Å²) in [6, 6.07) is 3.52. The van der Waals surface area contributed by atoms with Crippen LogP contribution in [0.5, 0.6) is 0 Å². The summed E-state index contributed by atoms with van der Waals surface area (Å²) in [7, 11) is -0.758. The molecule has 1 fully saturated rings. The van der Waals surface area contributed by atoms with Gasteiger partial charge in [0.25, 0.3) is 0 Å². The van der Waals surface area contributed by atoms with Crippen LogP contribution in [0.1, 0.15) is 25.7 Å². The second kappa shape index (κ2) is 3.72. The van der Waals surface area contributed by atoms with Gasteiger partial charge in [-0.2, -0.15) is 0 Å². The highest BCUT2D eigenvalue weighted by Crippen LogP contribution is 2.25. The Hall–Kier alpha value is 0.177. The molecular weight excluding hydrogens is 150 g/mol. The van der Waals surface area contributed by atoms with Gasteiger partial charge in [-0.25, -0.2) is 0 Å². The number of hydrogen-bond donors (Lipinski definition) is 1. The van der Waals surface area contributed by atoms with E-state index in [9.17, 15) is 0 Å². The molecule has 0 bridgehead atoms. The van der Waals surface area contributed by atoms with Crippen LogP contribution in [0.4, 0.5) is 0 Å². The standard InChI is InChI=1S/C9H21NSi/c1-11(2)7-3-5-9(10)6-4-8-11/h9H,3-8,10H2,1-2H3. The predicted octanol–water partition coefficient (Wildman–Crippen LogP) is 2.60. The minimum Gasteiger partial charge on any atom is -0.328 e. The predicted molar refractivity (Wildman–Crippen MR) is 53.5 cm³/mol. The highest BCUT2D eigenvalue weighted by atomic mass is 28.3. The summed E-state index contributed by atoms with van der Waals surface area (Å²) < 4.78 is 0. The van der Waals surface area contributed by atoms with Crippen molar-refractivity contribution in [2.24, 2.45) is 5.73 Å². The molecule has 0 amide bonds. The van der Waals surface area contributed by atoms with Crippen molar-refractivity contribution in [2.75, 3.05) is 0 Å². The van der Waals surface area contributed by atoms with Crippen LogP contribution in [0.25, 0.3) is 0 Å². The first-order chi connectivity index (χ1) is 5.10. The van der Waals surface area contributed by atoms with Crippen molar-refractivity contribution in [1.82, 2.24) is 0 Å². The summed E-state index contributed by atoms with van der Waals surface area (Å²) in [6.45, 7) is 5.04. The van der Waals surface area contributed by atoms with Gasteiger partial charge in [0.15, 0.2) is 0 Å². The SMILES string of the molecule is C[Si]1(C)CCCC(N)CCC1. The van der Waals surface area contributed by atoms with Crippen molar-refractivity contribution in [3.8, 4) is 0 Å². The second-order valence-corrected chi connectivity index (χ2v) is 10.0. The quantitative estimate of drug-likeness (QED) is 0.557. The monoisotopic (exact) mass is 171 g/mol. The minimum atomic E-state index is -0.758. The average molecular weight is 171 g/mol. The third kappa shape index (κ3) is 3.39. The first-order valence-electron chi connectivity index (χ1n) is 4.86. The lowest BCUT2D eigenvalue weighted by Crippen LogP contribution is -2.30. The molecule has 11 heavy (non-hydrogen) atoms. The summed E-state index contributed by atoms with van der Waals surface area (Å²) in [4.78, 5) is 0. The number of nitrogens with two attached hydrogens (primary N) is 1. The van der Waals surface area contributed by atoms with Crippen LogP contribution in [0.15, 0.2) is 0 Å². The van der Waals surface area contributed by atoms with E-state index in [0.717, 1.165) is 0 Å². The molecular formula is C9H21NSi. The lowest BCUT2D eigenvalue weighted by molar-refractivity contribution is 0.538. The molecule has 1 aliphatic heterocycles. The van der Waals surface area contributed by atoms with Crippen LogP contribution >= 0.6 is 0 Å². The van der Waals surface area contributed by atoms with Gasteiger partial charge in [-0.3, -0.25) is 0 Å². The minimum absolute atomic E-state index is 0.514. The fourth-order valence-corrected chi connectivity index (χ4v) is 4.53. The Morgan fingerprint density at radius 3 is 2.00 bits per heavy atom. The lowest BCUT2D eigenvalue weighted by atomic mass is 10.1. The van der Waals surface area contributed by atoms with E-state index in [2.05, 4.69) is 13.1 Å². The molecule has 0 unspecified atom stereocenters. The van der Waals surface area contributed by atoms with E-state index in [0.29, 0.717) is 6.04 Å². The first-order valence-corrected chi connectivity index (χ1v) is 8.27. The van der Waals surface area contributed by atoms with Crippen molar-refractivity contribution in [2.45, 2.75) is 56.9 Å². The van der Waals surface area contributed by atoms with Gasteiger partial charge < -0.3 is 5.73 Å². The normalized spacial score (nSPS) is 27.5. The Kier molecular flexibility index (Phi) is 3.13. The van der Waals surface area contributed by atoms with Gasteiger partial charge in [0.05, 0.1) is 0 Å².